The number of nitrogens with one attached hydrogen (secondary N) is 2. The SMILES string of the molecule is CCCN1CC(=O)N(C)CC(=O)N(C)CCC=CC(=O)OCC(C)(C)C(=O)C(=O)N2CCCCC2C(=O)OCc2cccc(c2)NC(=O)CCC(=O)N[C@@H](c2ccccc2)C(=O)N(C)[C@@H](Cc2ccccc2)C1=O. The lowest BCUT2D eigenvalue weighted by molar-refractivity contribution is -0.162. The molecule has 0 radical (unpaired) electrons. The molecule has 1 fully saturated rings. The van der Waals surface area contributed by atoms with E-state index in [0.29, 0.717) is 36.1 Å². The van der Waals surface area contributed by atoms with Crippen LogP contribution in [0, 0.1) is 5.41 Å². The third-order valence-corrected chi connectivity index (χ3v) is 12.9. The number of piperidine rings is 1. The molecule has 2 heterocycles. The van der Waals surface area contributed by atoms with Crippen LogP contribution < -0.4 is 10.6 Å². The van der Waals surface area contributed by atoms with Gasteiger partial charge in [-0.25, -0.2) is 9.59 Å². The van der Waals surface area contributed by atoms with Crippen molar-refractivity contribution in [3.8, 4) is 0 Å². The van der Waals surface area contributed by atoms with Crippen molar-refractivity contribution >= 4 is 64.8 Å². The van der Waals surface area contributed by atoms with Gasteiger partial charge in [0.15, 0.2) is 0 Å². The number of anilines is 1. The number of benzene rings is 3. The lowest BCUT2D eigenvalue weighted by Crippen LogP contribution is -2.55. The van der Waals surface area contributed by atoms with E-state index >= 15 is 0 Å². The summed E-state index contributed by atoms with van der Waals surface area (Å²) in [7, 11) is 4.45. The quantitative estimate of drug-likeness (QED) is 0.273. The third kappa shape index (κ3) is 16.4. The zero-order chi connectivity index (χ0) is 54.0. The number of likely N-dealkylation sites (N-methyl/N-ethyl adjacent to an activating group) is 3. The van der Waals surface area contributed by atoms with Crippen molar-refractivity contribution in [2.24, 2.45) is 5.41 Å². The van der Waals surface area contributed by atoms with Gasteiger partial charge in [-0.15, -0.1) is 0 Å². The molecule has 19 heteroatoms. The van der Waals surface area contributed by atoms with E-state index in [2.05, 4.69) is 10.6 Å². The summed E-state index contributed by atoms with van der Waals surface area (Å²) in [6, 6.07) is 20.6. The number of hydrogen-bond acceptors (Lipinski definition) is 12. The Hall–Kier alpha value is -7.70. The second-order valence-corrected chi connectivity index (χ2v) is 19.3. The second kappa shape index (κ2) is 27.4. The Morgan fingerprint density at radius 3 is 2.09 bits per heavy atom. The number of esters is 2. The van der Waals surface area contributed by atoms with Crippen LogP contribution in [0.2, 0.25) is 0 Å². The van der Waals surface area contributed by atoms with Crippen molar-refractivity contribution in [1.82, 2.24) is 29.8 Å². The minimum atomic E-state index is -1.45. The number of nitrogens with zero attached hydrogens (tertiary/aromatic N) is 5. The molecule has 3 aromatic carbocycles. The highest BCUT2D eigenvalue weighted by atomic mass is 16.5. The van der Waals surface area contributed by atoms with Gasteiger partial charge in [0, 0.05) is 71.8 Å². The molecule has 3 aromatic rings. The fraction of sp³-hybridized carbons (Fsp3) is 0.455. The van der Waals surface area contributed by atoms with Gasteiger partial charge in [0.25, 0.3) is 5.91 Å². The molecule has 0 spiro atoms. The second-order valence-electron chi connectivity index (χ2n) is 19.3. The van der Waals surface area contributed by atoms with Gasteiger partial charge in [-0.05, 0) is 74.8 Å². The maximum absolute atomic E-state index is 14.7. The van der Waals surface area contributed by atoms with Crippen LogP contribution in [0.5, 0.6) is 0 Å². The third-order valence-electron chi connectivity index (χ3n) is 12.9. The van der Waals surface area contributed by atoms with Crippen molar-refractivity contribution in [3.63, 3.8) is 0 Å². The fourth-order valence-electron chi connectivity index (χ4n) is 8.41. The number of carbonyl (C=O) groups excluding carboxylic acids is 10. The van der Waals surface area contributed by atoms with Gasteiger partial charge in [0.1, 0.15) is 31.3 Å². The summed E-state index contributed by atoms with van der Waals surface area (Å²) in [6.45, 7) is 3.86. The molecule has 0 saturated carbocycles. The lowest BCUT2D eigenvalue weighted by atomic mass is 9.87. The van der Waals surface area contributed by atoms with Crippen molar-refractivity contribution in [2.75, 3.05) is 65.8 Å². The van der Waals surface area contributed by atoms with Crippen molar-refractivity contribution < 1.29 is 57.4 Å². The molecule has 74 heavy (non-hydrogen) atoms. The summed E-state index contributed by atoms with van der Waals surface area (Å²) in [5.74, 6) is -6.48. The van der Waals surface area contributed by atoms with Crippen LogP contribution in [0.1, 0.15) is 88.4 Å². The number of Topliss-reactive ketones (excluding diaryl/α,β-unsaturated/α-hetero) is 1. The van der Waals surface area contributed by atoms with Crippen LogP contribution in [0.15, 0.2) is 97.1 Å². The maximum atomic E-state index is 14.7. The van der Waals surface area contributed by atoms with E-state index in [9.17, 15) is 47.9 Å². The molecule has 2 aliphatic heterocycles. The zero-order valence-corrected chi connectivity index (χ0v) is 43.2. The zero-order valence-electron chi connectivity index (χ0n) is 43.2. The van der Waals surface area contributed by atoms with E-state index < -0.39 is 95.8 Å². The number of ketones is 1. The van der Waals surface area contributed by atoms with Gasteiger partial charge in [-0.3, -0.25) is 38.4 Å². The first kappa shape index (κ1) is 57.2. The Balaban J connectivity index is 1.40. The summed E-state index contributed by atoms with van der Waals surface area (Å²) < 4.78 is 11.0. The molecular formula is C55H69N7O12. The van der Waals surface area contributed by atoms with E-state index in [-0.39, 0.29) is 64.9 Å². The average molecular weight is 1020 g/mol. The Bertz CT molecular complexity index is 2530. The van der Waals surface area contributed by atoms with E-state index in [1.807, 2.05) is 25.1 Å². The number of rotatable bonds is 5. The van der Waals surface area contributed by atoms with Gasteiger partial charge in [0.05, 0.1) is 18.5 Å². The monoisotopic (exact) mass is 1020 g/mol. The number of ether oxygens (including phenoxy) is 2. The van der Waals surface area contributed by atoms with Gasteiger partial charge < -0.3 is 44.6 Å². The normalized spacial score (nSPS) is 21.6. The number of hydrogen-bond donors (Lipinski definition) is 2. The highest BCUT2D eigenvalue weighted by Gasteiger charge is 2.42. The molecule has 7 amide bonds. The summed E-state index contributed by atoms with van der Waals surface area (Å²) in [5.41, 5.74) is 0.573. The summed E-state index contributed by atoms with van der Waals surface area (Å²) in [5, 5.41) is 5.53. The van der Waals surface area contributed by atoms with Crippen molar-refractivity contribution in [3.05, 3.63) is 114 Å². The van der Waals surface area contributed by atoms with Crippen molar-refractivity contribution in [1.29, 1.82) is 0 Å². The molecule has 0 aromatic heterocycles. The van der Waals surface area contributed by atoms with Crippen LogP contribution in [0.3, 0.4) is 0 Å². The number of carbonyl (C=O) groups is 10. The van der Waals surface area contributed by atoms with Crippen molar-refractivity contribution in [2.45, 2.75) is 96.9 Å². The van der Waals surface area contributed by atoms with Crippen LogP contribution >= 0.6 is 0 Å². The summed E-state index contributed by atoms with van der Waals surface area (Å²) in [6.07, 6.45) is 4.25. The molecule has 3 atom stereocenters. The van der Waals surface area contributed by atoms with Gasteiger partial charge in [-0.2, -0.15) is 0 Å². The Morgan fingerprint density at radius 2 is 1.39 bits per heavy atom. The molecule has 1 saturated heterocycles. The smallest absolute Gasteiger partial charge is 0.330 e. The molecule has 0 aliphatic carbocycles. The van der Waals surface area contributed by atoms with E-state index in [0.717, 1.165) is 11.6 Å². The highest BCUT2D eigenvalue weighted by molar-refractivity contribution is 6.38. The Labute approximate surface area is 432 Å². The first-order valence-electron chi connectivity index (χ1n) is 24.9. The van der Waals surface area contributed by atoms with Crippen LogP contribution in [-0.2, 0) is 70.4 Å². The van der Waals surface area contributed by atoms with E-state index in [1.165, 1.54) is 65.6 Å². The fourth-order valence-corrected chi connectivity index (χ4v) is 8.41. The average Bonchev–Trinajstić information content (AvgIpc) is 3.40. The van der Waals surface area contributed by atoms with E-state index in [4.69, 9.17) is 9.47 Å². The Morgan fingerprint density at radius 1 is 0.716 bits per heavy atom. The molecule has 2 N–H and O–H groups in total. The minimum Gasteiger partial charge on any atom is -0.461 e. The molecule has 2 bridgehead atoms. The maximum Gasteiger partial charge on any atom is 0.330 e. The topological polar surface area (TPSA) is 229 Å². The van der Waals surface area contributed by atoms with Gasteiger partial charge >= 0.3 is 11.9 Å². The largest absolute Gasteiger partial charge is 0.461 e. The standard InChI is InChI=1S/C55H69N7O12/c1-7-29-61-35-47(66)59(5)34-46(65)58(4)30-16-15-26-48(67)74-37-55(2,3)50(68)53(71)62-31-17-14-25-42(62)54(72)73-36-39-21-18-24-41(32-39)56-44(63)27-28-45(64)57-49(40-22-12-9-13-23-40)52(70)60(6)43(51(61)69)33-38-19-10-8-11-20-38/h8-13,15,18-24,26,32,42-43,49H,7,14,16-17,25,27-31,33-37H2,1-6H3,(H,56,63)(H,57,64)/t42?,43-,49-/m0/s1. The molecule has 2 aliphatic rings. The summed E-state index contributed by atoms with van der Waals surface area (Å²) in [4.78, 5) is 143. The number of fused-ring (bicyclic) bond motifs is 3. The molecule has 5 rings (SSSR count). The number of amides is 7. The van der Waals surface area contributed by atoms with Gasteiger partial charge in [-0.1, -0.05) is 85.8 Å². The number of cyclic esters (lactones) is 2. The van der Waals surface area contributed by atoms with Crippen LogP contribution in [0.4, 0.5) is 5.69 Å². The van der Waals surface area contributed by atoms with Crippen LogP contribution in [0.25, 0.3) is 0 Å². The summed E-state index contributed by atoms with van der Waals surface area (Å²) >= 11 is 0. The van der Waals surface area contributed by atoms with Gasteiger partial charge in [0.2, 0.25) is 41.2 Å². The Kier molecular flexibility index (Phi) is 21.2. The predicted molar refractivity (Wildman–Crippen MR) is 273 cm³/mol. The minimum absolute atomic E-state index is 0.0681. The molecule has 1 unspecified atom stereocenters. The predicted octanol–water partition coefficient (Wildman–Crippen LogP) is 4.01. The van der Waals surface area contributed by atoms with Crippen LogP contribution in [-0.4, -0.2) is 156 Å². The van der Waals surface area contributed by atoms with E-state index in [1.54, 1.807) is 66.7 Å². The first-order valence-corrected chi connectivity index (χ1v) is 24.9. The lowest BCUT2D eigenvalue weighted by Gasteiger charge is -2.35. The first-order chi connectivity index (χ1) is 35.3. The molecule has 396 valence electrons. The highest BCUT2D eigenvalue weighted by Crippen LogP contribution is 2.26. The molecule has 19 nitrogen and oxygen atoms in total. The molecular weight excluding hydrogens is 951 g/mol.